The standard InChI is InChI=1S/C20H30O3/c1-5-18(2)9-8-15-13(10-18)6-7-16-19(15,3)11-14(21)12-20(16,4)17(22)23/h5,10,14-16,21H,1,6-9,11-12H2,2-4H3,(H,22,23). The van der Waals surface area contributed by atoms with Gasteiger partial charge in [0.25, 0.3) is 0 Å². The van der Waals surface area contributed by atoms with Crippen LogP contribution < -0.4 is 0 Å². The van der Waals surface area contributed by atoms with Crippen LogP contribution in [-0.2, 0) is 4.79 Å². The number of carboxylic acids is 1. The lowest BCUT2D eigenvalue weighted by molar-refractivity contribution is -0.174. The first-order valence-corrected chi connectivity index (χ1v) is 8.91. The van der Waals surface area contributed by atoms with E-state index in [1.807, 2.05) is 13.0 Å². The Morgan fingerprint density at radius 1 is 1.30 bits per heavy atom. The number of hydrogen-bond acceptors (Lipinski definition) is 2. The highest BCUT2D eigenvalue weighted by atomic mass is 16.4. The Morgan fingerprint density at radius 3 is 2.61 bits per heavy atom. The molecule has 6 unspecified atom stereocenters. The Labute approximate surface area is 139 Å². The molecule has 0 bridgehead atoms. The summed E-state index contributed by atoms with van der Waals surface area (Å²) in [6, 6.07) is 0. The second-order valence-electron chi connectivity index (χ2n) is 8.90. The number of carbonyl (C=O) groups is 1. The summed E-state index contributed by atoms with van der Waals surface area (Å²) in [7, 11) is 0. The van der Waals surface area contributed by atoms with Gasteiger partial charge in [-0.05, 0) is 62.7 Å². The van der Waals surface area contributed by atoms with Crippen LogP contribution in [0.1, 0.15) is 59.3 Å². The number of carboxylic acid groups (broad SMARTS) is 1. The fourth-order valence-corrected chi connectivity index (χ4v) is 6.06. The zero-order chi connectivity index (χ0) is 17.0. The van der Waals surface area contributed by atoms with E-state index in [1.54, 1.807) is 0 Å². The largest absolute Gasteiger partial charge is 0.481 e. The Hall–Kier alpha value is -1.09. The molecule has 2 fully saturated rings. The first kappa shape index (κ1) is 16.8. The van der Waals surface area contributed by atoms with Crippen molar-refractivity contribution >= 4 is 5.97 Å². The quantitative estimate of drug-likeness (QED) is 0.751. The summed E-state index contributed by atoms with van der Waals surface area (Å²) >= 11 is 0. The molecule has 0 saturated heterocycles. The van der Waals surface area contributed by atoms with Crippen LogP contribution in [0.5, 0.6) is 0 Å². The maximum atomic E-state index is 12.0. The molecule has 3 nitrogen and oxygen atoms in total. The molecular formula is C20H30O3. The number of fused-ring (bicyclic) bond motifs is 3. The van der Waals surface area contributed by atoms with Gasteiger partial charge in [0.1, 0.15) is 0 Å². The molecule has 3 aliphatic rings. The monoisotopic (exact) mass is 318 g/mol. The van der Waals surface area contributed by atoms with Gasteiger partial charge in [-0.15, -0.1) is 6.58 Å². The first-order chi connectivity index (χ1) is 10.6. The van der Waals surface area contributed by atoms with Crippen molar-refractivity contribution in [3.8, 4) is 0 Å². The van der Waals surface area contributed by atoms with E-state index >= 15 is 0 Å². The summed E-state index contributed by atoms with van der Waals surface area (Å²) in [6.45, 7) is 10.3. The maximum absolute atomic E-state index is 12.0. The molecule has 0 aromatic carbocycles. The average molecular weight is 318 g/mol. The van der Waals surface area contributed by atoms with E-state index in [9.17, 15) is 15.0 Å². The van der Waals surface area contributed by atoms with Gasteiger partial charge in [-0.3, -0.25) is 4.79 Å². The van der Waals surface area contributed by atoms with E-state index in [4.69, 9.17) is 0 Å². The highest BCUT2D eigenvalue weighted by Crippen LogP contribution is 2.63. The van der Waals surface area contributed by atoms with Gasteiger partial charge in [0.2, 0.25) is 0 Å². The average Bonchev–Trinajstić information content (AvgIpc) is 2.45. The predicted molar refractivity (Wildman–Crippen MR) is 90.9 cm³/mol. The number of rotatable bonds is 2. The number of aliphatic carboxylic acids is 1. The van der Waals surface area contributed by atoms with Crippen LogP contribution in [0.2, 0.25) is 0 Å². The zero-order valence-corrected chi connectivity index (χ0v) is 14.6. The smallest absolute Gasteiger partial charge is 0.309 e. The Balaban J connectivity index is 2.02. The predicted octanol–water partition coefficient (Wildman–Crippen LogP) is 4.18. The summed E-state index contributed by atoms with van der Waals surface area (Å²) in [6.07, 6.45) is 9.08. The SMILES string of the molecule is C=CC1(C)C=C2CCC3C(C)(C(=O)O)CC(O)CC3(C)C2CC1. The molecule has 3 aliphatic carbocycles. The van der Waals surface area contributed by atoms with Crippen LogP contribution in [0.4, 0.5) is 0 Å². The molecule has 0 aliphatic heterocycles. The summed E-state index contributed by atoms with van der Waals surface area (Å²) < 4.78 is 0. The van der Waals surface area contributed by atoms with E-state index in [2.05, 4.69) is 26.5 Å². The molecule has 128 valence electrons. The molecule has 6 atom stereocenters. The molecule has 0 aromatic rings. The topological polar surface area (TPSA) is 57.5 Å². The van der Waals surface area contributed by atoms with Crippen LogP contribution in [-0.4, -0.2) is 22.3 Å². The summed E-state index contributed by atoms with van der Waals surface area (Å²) in [4.78, 5) is 12.0. The number of aliphatic hydroxyl groups excluding tert-OH is 1. The van der Waals surface area contributed by atoms with E-state index in [1.165, 1.54) is 5.57 Å². The van der Waals surface area contributed by atoms with E-state index in [-0.39, 0.29) is 16.7 Å². The second-order valence-corrected chi connectivity index (χ2v) is 8.90. The van der Waals surface area contributed by atoms with Gasteiger partial charge in [-0.1, -0.05) is 31.6 Å². The zero-order valence-electron chi connectivity index (χ0n) is 14.6. The van der Waals surface area contributed by atoms with Crippen LogP contribution in [0.3, 0.4) is 0 Å². The van der Waals surface area contributed by atoms with Gasteiger partial charge in [0.05, 0.1) is 11.5 Å². The van der Waals surface area contributed by atoms with Crippen LogP contribution in [0.25, 0.3) is 0 Å². The third-order valence-corrected chi connectivity index (χ3v) is 7.31. The molecule has 2 N–H and O–H groups in total. The molecule has 3 rings (SSSR count). The lowest BCUT2D eigenvalue weighted by Crippen LogP contribution is -2.57. The van der Waals surface area contributed by atoms with Gasteiger partial charge in [-0.25, -0.2) is 0 Å². The van der Waals surface area contributed by atoms with Crippen molar-refractivity contribution in [2.75, 3.05) is 0 Å². The molecule has 0 spiro atoms. The van der Waals surface area contributed by atoms with E-state index in [0.29, 0.717) is 12.3 Å². The Morgan fingerprint density at radius 2 is 2.00 bits per heavy atom. The minimum absolute atomic E-state index is 0.0679. The molecule has 23 heavy (non-hydrogen) atoms. The lowest BCUT2D eigenvalue weighted by atomic mass is 9.44. The highest BCUT2D eigenvalue weighted by Gasteiger charge is 2.60. The third-order valence-electron chi connectivity index (χ3n) is 7.31. The molecular weight excluding hydrogens is 288 g/mol. The van der Waals surface area contributed by atoms with Crippen LogP contribution in [0, 0.1) is 28.1 Å². The van der Waals surface area contributed by atoms with Crippen molar-refractivity contribution in [3.63, 3.8) is 0 Å². The summed E-state index contributed by atoms with van der Waals surface area (Å²) in [5.74, 6) is -0.194. The molecule has 0 radical (unpaired) electrons. The molecule has 0 amide bonds. The van der Waals surface area contributed by atoms with Crippen molar-refractivity contribution in [3.05, 3.63) is 24.3 Å². The molecule has 3 heteroatoms. The van der Waals surface area contributed by atoms with Crippen molar-refractivity contribution in [2.24, 2.45) is 28.1 Å². The van der Waals surface area contributed by atoms with Crippen molar-refractivity contribution in [1.29, 1.82) is 0 Å². The van der Waals surface area contributed by atoms with Gasteiger partial charge >= 0.3 is 5.97 Å². The number of hydrogen-bond donors (Lipinski definition) is 2. The van der Waals surface area contributed by atoms with Gasteiger partial charge < -0.3 is 10.2 Å². The van der Waals surface area contributed by atoms with Crippen LogP contribution >= 0.6 is 0 Å². The summed E-state index contributed by atoms with van der Waals surface area (Å²) in [5.41, 5.74) is 0.617. The number of allylic oxidation sites excluding steroid dienone is 3. The van der Waals surface area contributed by atoms with Crippen molar-refractivity contribution in [2.45, 2.75) is 65.4 Å². The van der Waals surface area contributed by atoms with E-state index < -0.39 is 17.5 Å². The summed E-state index contributed by atoms with van der Waals surface area (Å²) in [5, 5.41) is 20.3. The highest BCUT2D eigenvalue weighted by molar-refractivity contribution is 5.75. The molecule has 2 saturated carbocycles. The minimum atomic E-state index is -0.808. The third kappa shape index (κ3) is 2.39. The minimum Gasteiger partial charge on any atom is -0.481 e. The number of aliphatic hydroxyl groups is 1. The van der Waals surface area contributed by atoms with Crippen molar-refractivity contribution in [1.82, 2.24) is 0 Å². The van der Waals surface area contributed by atoms with Crippen LogP contribution in [0.15, 0.2) is 24.3 Å². The van der Waals surface area contributed by atoms with Gasteiger partial charge in [-0.2, -0.15) is 0 Å². The Bertz CT molecular complexity index is 565. The second kappa shape index (κ2) is 5.20. The molecule has 0 heterocycles. The van der Waals surface area contributed by atoms with Crippen molar-refractivity contribution < 1.29 is 15.0 Å². The molecule has 0 aromatic heterocycles. The Kier molecular flexibility index (Phi) is 3.79. The van der Waals surface area contributed by atoms with Gasteiger partial charge in [0, 0.05) is 5.41 Å². The van der Waals surface area contributed by atoms with E-state index in [0.717, 1.165) is 32.1 Å². The normalized spacial score (nSPS) is 49.6. The first-order valence-electron chi connectivity index (χ1n) is 8.91. The lowest BCUT2D eigenvalue weighted by Gasteiger charge is -2.59. The maximum Gasteiger partial charge on any atom is 0.309 e. The fourth-order valence-electron chi connectivity index (χ4n) is 6.06. The van der Waals surface area contributed by atoms with Gasteiger partial charge in [0.15, 0.2) is 0 Å². The fraction of sp³-hybridized carbons (Fsp3) is 0.750.